The van der Waals surface area contributed by atoms with Gasteiger partial charge in [-0.3, -0.25) is 0 Å². The molecule has 2 aromatic heterocycles. The van der Waals surface area contributed by atoms with E-state index in [1.807, 2.05) is 41.9 Å². The Morgan fingerprint density at radius 2 is 2.15 bits per heavy atom. The highest BCUT2D eigenvalue weighted by Gasteiger charge is 2.11. The molecular weight excluding hydrogens is 272 g/mol. The molecule has 0 amide bonds. The molecule has 0 aliphatic heterocycles. The predicted octanol–water partition coefficient (Wildman–Crippen LogP) is 2.33. The normalized spacial score (nSPS) is 12.2. The van der Waals surface area contributed by atoms with Crippen molar-refractivity contribution in [1.29, 1.82) is 0 Å². The van der Waals surface area contributed by atoms with E-state index >= 15 is 0 Å². The zero-order chi connectivity index (χ0) is 13.8. The van der Waals surface area contributed by atoms with Crippen LogP contribution in [0.3, 0.4) is 0 Å². The zero-order valence-electron chi connectivity index (χ0n) is 11.0. The zero-order valence-corrected chi connectivity index (χ0v) is 11.8. The Labute approximate surface area is 120 Å². The molecule has 0 aliphatic rings. The van der Waals surface area contributed by atoms with Gasteiger partial charge in [-0.15, -0.1) is 11.3 Å². The van der Waals surface area contributed by atoms with Crippen molar-refractivity contribution >= 4 is 17.3 Å². The minimum Gasteiger partial charge on any atom is -0.352 e. The van der Waals surface area contributed by atoms with Crippen LogP contribution in [0.5, 0.6) is 0 Å². The maximum atomic E-state index is 4.32. The second-order valence-corrected chi connectivity index (χ2v) is 5.33. The summed E-state index contributed by atoms with van der Waals surface area (Å²) >= 11 is 1.66. The number of benzene rings is 1. The predicted molar refractivity (Wildman–Crippen MR) is 78.2 cm³/mol. The summed E-state index contributed by atoms with van der Waals surface area (Å²) in [6.07, 6.45) is 1.82. The lowest BCUT2D eigenvalue weighted by molar-refractivity contribution is 0.768. The van der Waals surface area contributed by atoms with Gasteiger partial charge in [0.2, 0.25) is 5.95 Å². The molecule has 20 heavy (non-hydrogen) atoms. The van der Waals surface area contributed by atoms with Crippen LogP contribution in [0.1, 0.15) is 17.8 Å². The van der Waals surface area contributed by atoms with Gasteiger partial charge in [-0.05, 0) is 22.6 Å². The summed E-state index contributed by atoms with van der Waals surface area (Å²) in [6.45, 7) is 2.86. The Morgan fingerprint density at radius 3 is 2.90 bits per heavy atom. The third-order valence-corrected chi connectivity index (χ3v) is 3.92. The van der Waals surface area contributed by atoms with Crippen LogP contribution in [0.25, 0.3) is 5.69 Å². The molecule has 1 unspecified atom stereocenters. The molecule has 1 atom stereocenters. The number of hydrogen-bond donors (Lipinski definition) is 1. The Balaban J connectivity index is 1.72. The maximum Gasteiger partial charge on any atom is 0.247 e. The third-order valence-electron chi connectivity index (χ3n) is 2.91. The van der Waals surface area contributed by atoms with Gasteiger partial charge < -0.3 is 5.32 Å². The van der Waals surface area contributed by atoms with E-state index in [9.17, 15) is 0 Å². The van der Waals surface area contributed by atoms with Crippen molar-refractivity contribution in [3.05, 3.63) is 46.9 Å². The van der Waals surface area contributed by atoms with Crippen molar-refractivity contribution in [2.75, 3.05) is 11.9 Å². The first kappa shape index (κ1) is 12.7. The van der Waals surface area contributed by atoms with Crippen molar-refractivity contribution in [2.24, 2.45) is 0 Å². The van der Waals surface area contributed by atoms with Crippen molar-refractivity contribution in [1.82, 2.24) is 25.2 Å². The van der Waals surface area contributed by atoms with Crippen LogP contribution in [0.15, 0.2) is 41.9 Å². The van der Waals surface area contributed by atoms with E-state index in [2.05, 4.69) is 32.7 Å². The Morgan fingerprint density at radius 1 is 1.30 bits per heavy atom. The fourth-order valence-corrected chi connectivity index (χ4v) is 2.55. The second-order valence-electron chi connectivity index (χ2n) is 4.40. The molecule has 102 valence electrons. The van der Waals surface area contributed by atoms with E-state index < -0.39 is 0 Å². The van der Waals surface area contributed by atoms with Crippen LogP contribution in [0, 0.1) is 0 Å². The summed E-state index contributed by atoms with van der Waals surface area (Å²) in [7, 11) is 0. The number of para-hydroxylation sites is 1. The minimum atomic E-state index is 0.316. The highest BCUT2D eigenvalue weighted by molar-refractivity contribution is 7.09. The van der Waals surface area contributed by atoms with Crippen molar-refractivity contribution in [3.8, 4) is 5.69 Å². The molecule has 0 spiro atoms. The van der Waals surface area contributed by atoms with Crippen LogP contribution < -0.4 is 5.32 Å². The molecule has 0 radical (unpaired) electrons. The summed E-state index contributed by atoms with van der Waals surface area (Å²) in [4.78, 5) is 4.32. The fourth-order valence-electron chi connectivity index (χ4n) is 1.85. The smallest absolute Gasteiger partial charge is 0.247 e. The topological polar surface area (TPSA) is 68.5 Å². The molecule has 0 bridgehead atoms. The molecule has 0 saturated carbocycles. The lowest BCUT2D eigenvalue weighted by Gasteiger charge is -2.10. The largest absolute Gasteiger partial charge is 0.352 e. The van der Waals surface area contributed by atoms with Gasteiger partial charge in [-0.1, -0.05) is 30.2 Å². The SMILES string of the molecule is CC(CNc1nnnn1-c1ccccc1)c1nccs1. The van der Waals surface area contributed by atoms with E-state index in [1.54, 1.807) is 16.0 Å². The number of nitrogens with one attached hydrogen (secondary N) is 1. The minimum absolute atomic E-state index is 0.316. The fraction of sp³-hybridized carbons (Fsp3) is 0.231. The van der Waals surface area contributed by atoms with Gasteiger partial charge in [0.05, 0.1) is 10.7 Å². The van der Waals surface area contributed by atoms with Gasteiger partial charge in [0.15, 0.2) is 0 Å². The average Bonchev–Trinajstić information content (AvgIpc) is 3.17. The number of anilines is 1. The van der Waals surface area contributed by atoms with E-state index in [1.165, 1.54) is 0 Å². The first-order chi connectivity index (χ1) is 9.84. The number of nitrogens with zero attached hydrogens (tertiary/aromatic N) is 5. The van der Waals surface area contributed by atoms with Crippen molar-refractivity contribution in [2.45, 2.75) is 12.8 Å². The molecule has 6 nitrogen and oxygen atoms in total. The molecule has 0 fully saturated rings. The van der Waals surface area contributed by atoms with Crippen LogP contribution in [-0.4, -0.2) is 31.7 Å². The Kier molecular flexibility index (Phi) is 3.69. The van der Waals surface area contributed by atoms with Crippen LogP contribution in [-0.2, 0) is 0 Å². The quantitative estimate of drug-likeness (QED) is 0.779. The molecular formula is C13H14N6S. The van der Waals surface area contributed by atoms with E-state index in [0.29, 0.717) is 11.9 Å². The van der Waals surface area contributed by atoms with E-state index in [0.717, 1.165) is 17.2 Å². The number of tetrazole rings is 1. The molecule has 2 heterocycles. The molecule has 0 aliphatic carbocycles. The van der Waals surface area contributed by atoms with E-state index in [4.69, 9.17) is 0 Å². The van der Waals surface area contributed by atoms with Crippen LogP contribution in [0.4, 0.5) is 5.95 Å². The summed E-state index contributed by atoms with van der Waals surface area (Å²) in [5, 5.41) is 18.1. The number of hydrogen-bond acceptors (Lipinski definition) is 6. The summed E-state index contributed by atoms with van der Waals surface area (Å²) in [5.41, 5.74) is 0.932. The lowest BCUT2D eigenvalue weighted by Crippen LogP contribution is -2.13. The molecule has 0 saturated heterocycles. The van der Waals surface area contributed by atoms with Gasteiger partial charge in [-0.2, -0.15) is 4.68 Å². The van der Waals surface area contributed by atoms with Gasteiger partial charge >= 0.3 is 0 Å². The monoisotopic (exact) mass is 286 g/mol. The summed E-state index contributed by atoms with van der Waals surface area (Å²) in [5.74, 6) is 0.954. The van der Waals surface area contributed by atoms with Crippen LogP contribution in [0.2, 0.25) is 0 Å². The second kappa shape index (κ2) is 5.79. The molecule has 7 heteroatoms. The number of aromatic nitrogens is 5. The van der Waals surface area contributed by atoms with Gasteiger partial charge in [0, 0.05) is 24.0 Å². The van der Waals surface area contributed by atoms with Crippen LogP contribution >= 0.6 is 11.3 Å². The summed E-state index contributed by atoms with van der Waals surface area (Å²) in [6, 6.07) is 9.81. The third kappa shape index (κ3) is 2.67. The Bertz CT molecular complexity index is 649. The summed E-state index contributed by atoms with van der Waals surface area (Å²) < 4.78 is 1.69. The van der Waals surface area contributed by atoms with Gasteiger partial charge in [0.25, 0.3) is 0 Å². The standard InChI is InChI=1S/C13H14N6S/c1-10(12-14-7-8-20-12)9-15-13-16-17-18-19(13)11-5-3-2-4-6-11/h2-8,10H,9H2,1H3,(H,15,16,18). The Hall–Kier alpha value is -2.28. The van der Waals surface area contributed by atoms with Crippen molar-refractivity contribution < 1.29 is 0 Å². The molecule has 3 rings (SSSR count). The lowest BCUT2D eigenvalue weighted by atomic mass is 10.2. The molecule has 1 N–H and O–H groups in total. The first-order valence-electron chi connectivity index (χ1n) is 6.31. The first-order valence-corrected chi connectivity index (χ1v) is 7.19. The molecule has 1 aromatic carbocycles. The maximum absolute atomic E-state index is 4.32. The van der Waals surface area contributed by atoms with Crippen molar-refractivity contribution in [3.63, 3.8) is 0 Å². The van der Waals surface area contributed by atoms with Gasteiger partial charge in [0.1, 0.15) is 0 Å². The highest BCUT2D eigenvalue weighted by Crippen LogP contribution is 2.18. The number of thiazole rings is 1. The molecule has 3 aromatic rings. The average molecular weight is 286 g/mol. The number of rotatable bonds is 5. The van der Waals surface area contributed by atoms with Gasteiger partial charge in [-0.25, -0.2) is 4.98 Å². The highest BCUT2D eigenvalue weighted by atomic mass is 32.1. The van der Waals surface area contributed by atoms with E-state index in [-0.39, 0.29) is 0 Å².